The molecule has 2 aliphatic carbocycles. The van der Waals surface area contributed by atoms with Crippen molar-refractivity contribution in [3.8, 4) is 0 Å². The molecule has 114 valence electrons. The lowest BCUT2D eigenvalue weighted by Crippen LogP contribution is -2.43. The highest BCUT2D eigenvalue weighted by molar-refractivity contribution is 5.74. The van der Waals surface area contributed by atoms with Crippen LogP contribution in [0.3, 0.4) is 0 Å². The molecule has 2 rings (SSSR count). The van der Waals surface area contributed by atoms with E-state index in [0.29, 0.717) is 12.5 Å². The summed E-state index contributed by atoms with van der Waals surface area (Å²) in [6, 6.07) is -0.0705. The number of carbonyl (C=O) groups excluding carboxylic acids is 1. The second-order valence-electron chi connectivity index (χ2n) is 6.53. The van der Waals surface area contributed by atoms with E-state index in [0.717, 1.165) is 38.1 Å². The van der Waals surface area contributed by atoms with E-state index < -0.39 is 5.97 Å². The van der Waals surface area contributed by atoms with E-state index in [2.05, 4.69) is 12.2 Å². The summed E-state index contributed by atoms with van der Waals surface area (Å²) in [6.07, 6.45) is 4.91. The van der Waals surface area contributed by atoms with Crippen molar-refractivity contribution < 1.29 is 14.7 Å². The van der Waals surface area contributed by atoms with Crippen LogP contribution in [0.15, 0.2) is 0 Å². The molecule has 2 N–H and O–H groups in total. The molecule has 0 heterocycles. The molecule has 2 aliphatic rings. The quantitative estimate of drug-likeness (QED) is 0.812. The number of carboxylic acids is 1. The molecule has 0 aromatic heterocycles. The number of carboxylic acid groups (broad SMARTS) is 1. The molecule has 4 unspecified atom stereocenters. The maximum atomic E-state index is 12.0. The van der Waals surface area contributed by atoms with E-state index in [1.54, 1.807) is 4.90 Å². The van der Waals surface area contributed by atoms with Gasteiger partial charge in [0.1, 0.15) is 0 Å². The van der Waals surface area contributed by atoms with Gasteiger partial charge in [-0.05, 0) is 37.0 Å². The van der Waals surface area contributed by atoms with Crippen LogP contribution in [0.5, 0.6) is 0 Å². The van der Waals surface area contributed by atoms with Crippen molar-refractivity contribution in [3.63, 3.8) is 0 Å². The number of carbonyl (C=O) groups is 2. The highest BCUT2D eigenvalue weighted by Crippen LogP contribution is 2.38. The van der Waals surface area contributed by atoms with Crippen molar-refractivity contribution in [1.29, 1.82) is 0 Å². The largest absolute Gasteiger partial charge is 0.481 e. The highest BCUT2D eigenvalue weighted by Gasteiger charge is 2.35. The molecule has 5 nitrogen and oxygen atoms in total. The zero-order valence-corrected chi connectivity index (χ0v) is 12.5. The number of nitrogens with zero attached hydrogens (tertiary/aromatic N) is 1. The summed E-state index contributed by atoms with van der Waals surface area (Å²) in [6.45, 7) is 3.50. The Labute approximate surface area is 120 Å². The van der Waals surface area contributed by atoms with Gasteiger partial charge in [0.2, 0.25) is 0 Å². The Balaban J connectivity index is 1.75. The lowest BCUT2D eigenvalue weighted by Gasteiger charge is -2.29. The third kappa shape index (κ3) is 3.87. The molecular formula is C15H26N2O3. The second-order valence-corrected chi connectivity index (χ2v) is 6.53. The van der Waals surface area contributed by atoms with Crippen molar-refractivity contribution in [2.75, 3.05) is 20.1 Å². The van der Waals surface area contributed by atoms with E-state index in [1.807, 2.05) is 7.05 Å². The van der Waals surface area contributed by atoms with Gasteiger partial charge < -0.3 is 15.3 Å². The number of amides is 2. The standard InChI is InChI=1S/C15H26N2O3/c1-10-7-12(10)9-17(2)15(20)16-8-11-5-3-4-6-13(11)14(18)19/h10-13H,3-9H2,1-2H3,(H,16,20)(H,18,19). The van der Waals surface area contributed by atoms with Crippen LogP contribution >= 0.6 is 0 Å². The number of urea groups is 1. The molecule has 0 aromatic carbocycles. The minimum Gasteiger partial charge on any atom is -0.481 e. The molecular weight excluding hydrogens is 256 g/mol. The Kier molecular flexibility index (Phi) is 4.89. The van der Waals surface area contributed by atoms with Gasteiger partial charge >= 0.3 is 12.0 Å². The Bertz CT molecular complexity index is 372. The van der Waals surface area contributed by atoms with Crippen LogP contribution in [0.25, 0.3) is 0 Å². The Morgan fingerprint density at radius 2 is 1.90 bits per heavy atom. The summed E-state index contributed by atoms with van der Waals surface area (Å²) in [5.74, 6) is 0.451. The number of hydrogen-bond donors (Lipinski definition) is 2. The van der Waals surface area contributed by atoms with Gasteiger partial charge in [0, 0.05) is 20.1 Å². The zero-order valence-electron chi connectivity index (χ0n) is 12.5. The SMILES string of the molecule is CC1CC1CN(C)C(=O)NCC1CCCCC1C(=O)O. The maximum absolute atomic E-state index is 12.0. The predicted octanol–water partition coefficient (Wildman–Crippen LogP) is 2.17. The maximum Gasteiger partial charge on any atom is 0.317 e. The van der Waals surface area contributed by atoms with Crippen LogP contribution in [0, 0.1) is 23.7 Å². The van der Waals surface area contributed by atoms with E-state index in [4.69, 9.17) is 0 Å². The molecule has 0 spiro atoms. The van der Waals surface area contributed by atoms with Gasteiger partial charge in [-0.3, -0.25) is 4.79 Å². The van der Waals surface area contributed by atoms with Crippen molar-refractivity contribution in [2.24, 2.45) is 23.7 Å². The van der Waals surface area contributed by atoms with Gasteiger partial charge in [-0.15, -0.1) is 0 Å². The zero-order chi connectivity index (χ0) is 14.7. The van der Waals surface area contributed by atoms with Gasteiger partial charge in [0.15, 0.2) is 0 Å². The molecule has 20 heavy (non-hydrogen) atoms. The molecule has 2 fully saturated rings. The average Bonchev–Trinajstić information content (AvgIpc) is 3.11. The Morgan fingerprint density at radius 3 is 2.50 bits per heavy atom. The fraction of sp³-hybridized carbons (Fsp3) is 0.867. The van der Waals surface area contributed by atoms with Crippen molar-refractivity contribution in [2.45, 2.75) is 39.0 Å². The minimum atomic E-state index is -0.718. The summed E-state index contributed by atoms with van der Waals surface area (Å²) >= 11 is 0. The topological polar surface area (TPSA) is 69.6 Å². The van der Waals surface area contributed by atoms with Gasteiger partial charge in [-0.1, -0.05) is 19.8 Å². The third-order valence-electron chi connectivity index (χ3n) is 4.87. The molecule has 0 saturated heterocycles. The van der Waals surface area contributed by atoms with Crippen LogP contribution in [0.1, 0.15) is 39.0 Å². The smallest absolute Gasteiger partial charge is 0.317 e. The van der Waals surface area contributed by atoms with E-state index >= 15 is 0 Å². The summed E-state index contributed by atoms with van der Waals surface area (Å²) in [5, 5.41) is 12.1. The second kappa shape index (κ2) is 6.46. The molecule has 0 bridgehead atoms. The first kappa shape index (κ1) is 15.1. The molecule has 5 heteroatoms. The minimum absolute atomic E-state index is 0.0705. The van der Waals surface area contributed by atoms with E-state index in [9.17, 15) is 14.7 Å². The number of aliphatic carboxylic acids is 1. The first-order chi connectivity index (χ1) is 9.49. The summed E-state index contributed by atoms with van der Waals surface area (Å²) in [4.78, 5) is 24.9. The lowest BCUT2D eigenvalue weighted by molar-refractivity contribution is -0.144. The molecule has 4 atom stereocenters. The summed E-state index contributed by atoms with van der Waals surface area (Å²) in [7, 11) is 1.82. The van der Waals surface area contributed by atoms with Crippen molar-refractivity contribution in [1.82, 2.24) is 10.2 Å². The lowest BCUT2D eigenvalue weighted by atomic mass is 9.79. The van der Waals surface area contributed by atoms with Crippen molar-refractivity contribution in [3.05, 3.63) is 0 Å². The monoisotopic (exact) mass is 282 g/mol. The van der Waals surface area contributed by atoms with Gasteiger partial charge in [0.05, 0.1) is 5.92 Å². The fourth-order valence-electron chi connectivity index (χ4n) is 3.22. The van der Waals surface area contributed by atoms with Gasteiger partial charge in [0.25, 0.3) is 0 Å². The Morgan fingerprint density at radius 1 is 1.25 bits per heavy atom. The van der Waals surface area contributed by atoms with Crippen molar-refractivity contribution >= 4 is 12.0 Å². The fourth-order valence-corrected chi connectivity index (χ4v) is 3.22. The summed E-state index contributed by atoms with van der Waals surface area (Å²) < 4.78 is 0. The van der Waals surface area contributed by atoms with Gasteiger partial charge in [-0.25, -0.2) is 4.79 Å². The van der Waals surface area contributed by atoms with Crippen LogP contribution in [0.4, 0.5) is 4.79 Å². The first-order valence-electron chi connectivity index (χ1n) is 7.70. The average molecular weight is 282 g/mol. The van der Waals surface area contributed by atoms with Crippen LogP contribution in [-0.4, -0.2) is 42.1 Å². The summed E-state index contributed by atoms with van der Waals surface area (Å²) in [5.41, 5.74) is 0. The van der Waals surface area contributed by atoms with E-state index in [1.165, 1.54) is 6.42 Å². The Hall–Kier alpha value is -1.26. The highest BCUT2D eigenvalue weighted by atomic mass is 16.4. The third-order valence-corrected chi connectivity index (χ3v) is 4.87. The van der Waals surface area contributed by atoms with Crippen LogP contribution in [-0.2, 0) is 4.79 Å². The molecule has 0 aliphatic heterocycles. The molecule has 2 amide bonds. The normalized spacial score (nSPS) is 32.5. The molecule has 0 aromatic rings. The number of rotatable bonds is 5. The first-order valence-corrected chi connectivity index (χ1v) is 7.70. The number of hydrogen-bond acceptors (Lipinski definition) is 2. The predicted molar refractivity (Wildman–Crippen MR) is 76.4 cm³/mol. The van der Waals surface area contributed by atoms with Gasteiger partial charge in [-0.2, -0.15) is 0 Å². The van der Waals surface area contributed by atoms with Crippen LogP contribution in [0.2, 0.25) is 0 Å². The van der Waals surface area contributed by atoms with Crippen LogP contribution < -0.4 is 5.32 Å². The molecule has 2 saturated carbocycles. The number of nitrogens with one attached hydrogen (secondary N) is 1. The van der Waals surface area contributed by atoms with E-state index in [-0.39, 0.29) is 17.9 Å². The molecule has 0 radical (unpaired) electrons.